The number of hydrogen-bond acceptors (Lipinski definition) is 5. The van der Waals surface area contributed by atoms with Gasteiger partial charge in [-0.3, -0.25) is 4.79 Å². The molecule has 0 aliphatic rings. The van der Waals surface area contributed by atoms with Gasteiger partial charge >= 0.3 is 0 Å². The van der Waals surface area contributed by atoms with Gasteiger partial charge in [-0.1, -0.05) is 19.1 Å². The van der Waals surface area contributed by atoms with Crippen LogP contribution in [0.3, 0.4) is 0 Å². The van der Waals surface area contributed by atoms with Crippen LogP contribution in [-0.2, 0) is 6.42 Å². The number of nitrogens with zero attached hydrogens (tertiary/aromatic N) is 3. The van der Waals surface area contributed by atoms with E-state index in [9.17, 15) is 4.79 Å². The third-order valence-electron chi connectivity index (χ3n) is 3.80. The van der Waals surface area contributed by atoms with Crippen LogP contribution in [0.25, 0.3) is 0 Å². The molecule has 2 aromatic carbocycles. The molecule has 1 heterocycles. The number of nitrogens with one attached hydrogen (secondary N) is 2. The second kappa shape index (κ2) is 7.90. The number of benzene rings is 2. The van der Waals surface area contributed by atoms with Gasteiger partial charge in [-0.05, 0) is 48.4 Å². The van der Waals surface area contributed by atoms with Crippen LogP contribution in [0.1, 0.15) is 28.4 Å². The molecule has 0 unspecified atom stereocenters. The van der Waals surface area contributed by atoms with E-state index in [4.69, 9.17) is 5.26 Å². The highest BCUT2D eigenvalue weighted by atomic mass is 16.1. The Bertz CT molecular complexity index is 926. The normalized spacial score (nSPS) is 10.0. The molecule has 0 bridgehead atoms. The van der Waals surface area contributed by atoms with Crippen LogP contribution < -0.4 is 10.6 Å². The number of amides is 1. The Hall–Kier alpha value is -3.72. The molecule has 0 saturated carbocycles. The second-order valence-electron chi connectivity index (χ2n) is 5.61. The highest BCUT2D eigenvalue weighted by Crippen LogP contribution is 2.15. The third kappa shape index (κ3) is 4.22. The number of carbonyl (C=O) groups excluding carboxylic acids is 1. The van der Waals surface area contributed by atoms with Crippen molar-refractivity contribution in [1.82, 2.24) is 9.97 Å². The van der Waals surface area contributed by atoms with Gasteiger partial charge in [-0.25, -0.2) is 9.97 Å². The summed E-state index contributed by atoms with van der Waals surface area (Å²) in [7, 11) is 0. The predicted molar refractivity (Wildman–Crippen MR) is 100 cm³/mol. The first-order valence-electron chi connectivity index (χ1n) is 8.17. The first kappa shape index (κ1) is 17.1. The first-order chi connectivity index (χ1) is 12.7. The fourth-order valence-electron chi connectivity index (χ4n) is 2.29. The van der Waals surface area contributed by atoms with Crippen molar-refractivity contribution in [2.24, 2.45) is 0 Å². The summed E-state index contributed by atoms with van der Waals surface area (Å²) in [6, 6.07) is 16.7. The van der Waals surface area contributed by atoms with Gasteiger partial charge in [-0.2, -0.15) is 5.26 Å². The van der Waals surface area contributed by atoms with Gasteiger partial charge in [0.15, 0.2) is 0 Å². The van der Waals surface area contributed by atoms with Gasteiger partial charge in [0.2, 0.25) is 5.95 Å². The Kier molecular flexibility index (Phi) is 5.20. The zero-order chi connectivity index (χ0) is 18.4. The zero-order valence-corrected chi connectivity index (χ0v) is 14.2. The number of aryl methyl sites for hydroxylation is 1. The molecule has 2 N–H and O–H groups in total. The lowest BCUT2D eigenvalue weighted by Crippen LogP contribution is -2.13. The fraction of sp³-hybridized carbons (Fsp3) is 0.100. The first-order valence-corrected chi connectivity index (χ1v) is 8.17. The van der Waals surface area contributed by atoms with E-state index in [-0.39, 0.29) is 5.91 Å². The van der Waals surface area contributed by atoms with Crippen molar-refractivity contribution in [2.75, 3.05) is 10.6 Å². The lowest BCUT2D eigenvalue weighted by Gasteiger charge is -2.07. The molecule has 0 spiro atoms. The molecule has 26 heavy (non-hydrogen) atoms. The number of rotatable bonds is 5. The molecule has 3 rings (SSSR count). The van der Waals surface area contributed by atoms with E-state index in [0.717, 1.165) is 12.1 Å². The van der Waals surface area contributed by atoms with Gasteiger partial charge < -0.3 is 10.6 Å². The van der Waals surface area contributed by atoms with E-state index < -0.39 is 0 Å². The van der Waals surface area contributed by atoms with E-state index in [0.29, 0.717) is 22.8 Å². The standard InChI is InChI=1S/C20H17N5O/c1-2-14-3-7-18(8-4-14)25-20-22-12-16(13-23-20)19(26)24-17-9-5-15(11-21)6-10-17/h3-10,12-13H,2H2,1H3,(H,24,26)(H,22,23,25). The molecule has 6 nitrogen and oxygen atoms in total. The van der Waals surface area contributed by atoms with Crippen LogP contribution in [0, 0.1) is 11.3 Å². The minimum Gasteiger partial charge on any atom is -0.324 e. The molecular weight excluding hydrogens is 326 g/mol. The molecular formula is C20H17N5O. The molecule has 0 aliphatic carbocycles. The zero-order valence-electron chi connectivity index (χ0n) is 14.2. The number of aromatic nitrogens is 2. The van der Waals surface area contributed by atoms with Gasteiger partial charge in [0.25, 0.3) is 5.91 Å². The highest BCUT2D eigenvalue weighted by Gasteiger charge is 2.08. The Morgan fingerprint density at radius 3 is 2.19 bits per heavy atom. The van der Waals surface area contributed by atoms with Crippen LogP contribution >= 0.6 is 0 Å². The molecule has 0 radical (unpaired) electrons. The van der Waals surface area contributed by atoms with Crippen LogP contribution in [0.15, 0.2) is 60.9 Å². The summed E-state index contributed by atoms with van der Waals surface area (Å²) in [5.74, 6) is 0.109. The van der Waals surface area contributed by atoms with Gasteiger partial charge in [0, 0.05) is 23.8 Å². The van der Waals surface area contributed by atoms with Crippen LogP contribution in [0.5, 0.6) is 0 Å². The number of hydrogen-bond donors (Lipinski definition) is 2. The van der Waals surface area contributed by atoms with Crippen LogP contribution in [-0.4, -0.2) is 15.9 Å². The fourth-order valence-corrected chi connectivity index (χ4v) is 2.29. The van der Waals surface area contributed by atoms with E-state index in [1.165, 1.54) is 18.0 Å². The van der Waals surface area contributed by atoms with Crippen LogP contribution in [0.4, 0.5) is 17.3 Å². The molecule has 3 aromatic rings. The largest absolute Gasteiger partial charge is 0.324 e. The van der Waals surface area contributed by atoms with E-state index in [1.807, 2.05) is 30.3 Å². The molecule has 128 valence electrons. The lowest BCUT2D eigenvalue weighted by atomic mass is 10.1. The van der Waals surface area contributed by atoms with Crippen molar-refractivity contribution in [3.8, 4) is 6.07 Å². The molecule has 0 aliphatic heterocycles. The molecule has 0 saturated heterocycles. The third-order valence-corrected chi connectivity index (χ3v) is 3.80. The van der Waals surface area contributed by atoms with Crippen LogP contribution in [0.2, 0.25) is 0 Å². The number of nitriles is 1. The molecule has 0 fully saturated rings. The summed E-state index contributed by atoms with van der Waals surface area (Å²) in [6.07, 6.45) is 3.92. The Labute approximate surface area is 151 Å². The molecule has 1 amide bonds. The van der Waals surface area contributed by atoms with Crippen molar-refractivity contribution in [3.63, 3.8) is 0 Å². The number of carbonyl (C=O) groups is 1. The maximum absolute atomic E-state index is 12.2. The maximum Gasteiger partial charge on any atom is 0.258 e. The van der Waals surface area contributed by atoms with Gasteiger partial charge in [-0.15, -0.1) is 0 Å². The molecule has 6 heteroatoms. The van der Waals surface area contributed by atoms with Crippen molar-refractivity contribution in [2.45, 2.75) is 13.3 Å². The molecule has 0 atom stereocenters. The summed E-state index contributed by atoms with van der Waals surface area (Å²) < 4.78 is 0. The lowest BCUT2D eigenvalue weighted by molar-refractivity contribution is 0.102. The average molecular weight is 343 g/mol. The van der Waals surface area contributed by atoms with Crippen molar-refractivity contribution in [3.05, 3.63) is 77.6 Å². The van der Waals surface area contributed by atoms with Crippen molar-refractivity contribution >= 4 is 23.2 Å². The summed E-state index contributed by atoms with van der Waals surface area (Å²) in [6.45, 7) is 2.10. The maximum atomic E-state index is 12.2. The number of anilines is 3. The molecule has 1 aromatic heterocycles. The topological polar surface area (TPSA) is 90.7 Å². The van der Waals surface area contributed by atoms with Crippen molar-refractivity contribution in [1.29, 1.82) is 5.26 Å². The quantitative estimate of drug-likeness (QED) is 0.733. The highest BCUT2D eigenvalue weighted by molar-refractivity contribution is 6.03. The summed E-state index contributed by atoms with van der Waals surface area (Å²) in [4.78, 5) is 20.6. The van der Waals surface area contributed by atoms with E-state index in [2.05, 4.69) is 27.5 Å². The summed E-state index contributed by atoms with van der Waals surface area (Å²) >= 11 is 0. The SMILES string of the molecule is CCc1ccc(Nc2ncc(C(=O)Nc3ccc(C#N)cc3)cn2)cc1. The monoisotopic (exact) mass is 343 g/mol. The summed E-state index contributed by atoms with van der Waals surface area (Å²) in [5.41, 5.74) is 3.63. The van der Waals surface area contributed by atoms with E-state index >= 15 is 0 Å². The average Bonchev–Trinajstić information content (AvgIpc) is 2.69. The Morgan fingerprint density at radius 2 is 1.62 bits per heavy atom. The smallest absolute Gasteiger partial charge is 0.258 e. The van der Waals surface area contributed by atoms with Crippen molar-refractivity contribution < 1.29 is 4.79 Å². The minimum atomic E-state index is -0.312. The minimum absolute atomic E-state index is 0.312. The van der Waals surface area contributed by atoms with Gasteiger partial charge in [0.05, 0.1) is 17.2 Å². The Morgan fingerprint density at radius 1 is 1.00 bits per heavy atom. The summed E-state index contributed by atoms with van der Waals surface area (Å²) in [5, 5.41) is 14.6. The van der Waals surface area contributed by atoms with Gasteiger partial charge in [0.1, 0.15) is 0 Å². The van der Waals surface area contributed by atoms with E-state index in [1.54, 1.807) is 24.3 Å². The Balaban J connectivity index is 1.64. The second-order valence-corrected chi connectivity index (χ2v) is 5.61. The predicted octanol–water partition coefficient (Wildman–Crippen LogP) is 3.91.